The smallest absolute Gasteiger partial charge is 0.319 e. The van der Waals surface area contributed by atoms with Crippen molar-refractivity contribution in [3.63, 3.8) is 0 Å². The van der Waals surface area contributed by atoms with Gasteiger partial charge in [0.1, 0.15) is 0 Å². The SMILES string of the molecule is Cc1nn(C(C)C)c(C)c1NC(=O)N1[C@H](C)C[C@H]2CCCC[C@H]21. The third kappa shape index (κ3) is 2.86. The predicted octanol–water partition coefficient (Wildman–Crippen LogP) is 4.27. The van der Waals surface area contributed by atoms with Crippen molar-refractivity contribution in [3.05, 3.63) is 11.4 Å². The summed E-state index contributed by atoms with van der Waals surface area (Å²) >= 11 is 0. The molecule has 3 rings (SSSR count). The molecule has 1 saturated heterocycles. The fourth-order valence-electron chi connectivity index (χ4n) is 4.58. The first-order valence-electron chi connectivity index (χ1n) is 9.05. The second-order valence-corrected chi connectivity index (χ2v) is 7.62. The van der Waals surface area contributed by atoms with Crippen molar-refractivity contribution in [2.24, 2.45) is 5.92 Å². The van der Waals surface area contributed by atoms with E-state index in [0.717, 1.165) is 29.9 Å². The van der Waals surface area contributed by atoms with Gasteiger partial charge < -0.3 is 10.2 Å². The normalized spacial score (nSPS) is 27.4. The van der Waals surface area contributed by atoms with Crippen LogP contribution in [-0.4, -0.2) is 32.8 Å². The second kappa shape index (κ2) is 6.17. The van der Waals surface area contributed by atoms with Gasteiger partial charge in [-0.05, 0) is 59.8 Å². The Labute approximate surface area is 139 Å². The van der Waals surface area contributed by atoms with Crippen molar-refractivity contribution in [2.75, 3.05) is 5.32 Å². The van der Waals surface area contributed by atoms with Crippen molar-refractivity contribution < 1.29 is 4.79 Å². The highest BCUT2D eigenvalue weighted by atomic mass is 16.2. The minimum absolute atomic E-state index is 0.0569. The van der Waals surface area contributed by atoms with Crippen LogP contribution in [0.4, 0.5) is 10.5 Å². The number of hydrogen-bond donors (Lipinski definition) is 1. The van der Waals surface area contributed by atoms with Gasteiger partial charge in [0.05, 0.1) is 17.1 Å². The quantitative estimate of drug-likeness (QED) is 0.885. The van der Waals surface area contributed by atoms with E-state index in [1.807, 2.05) is 18.5 Å². The summed E-state index contributed by atoms with van der Waals surface area (Å²) in [6.45, 7) is 10.4. The molecule has 0 radical (unpaired) electrons. The van der Waals surface area contributed by atoms with E-state index in [1.165, 1.54) is 19.3 Å². The number of aromatic nitrogens is 2. The number of likely N-dealkylation sites (tertiary alicyclic amines) is 1. The lowest BCUT2D eigenvalue weighted by atomic mass is 9.85. The molecular weight excluding hydrogens is 288 g/mol. The molecule has 1 aromatic rings. The molecule has 1 aliphatic heterocycles. The summed E-state index contributed by atoms with van der Waals surface area (Å²) in [4.78, 5) is 15.0. The van der Waals surface area contributed by atoms with Crippen molar-refractivity contribution in [1.82, 2.24) is 14.7 Å². The number of aryl methyl sites for hydroxylation is 1. The Morgan fingerprint density at radius 3 is 2.61 bits per heavy atom. The molecule has 5 nitrogen and oxygen atoms in total. The fraction of sp³-hybridized carbons (Fsp3) is 0.778. The van der Waals surface area contributed by atoms with E-state index in [4.69, 9.17) is 0 Å². The Balaban J connectivity index is 1.79. The van der Waals surface area contributed by atoms with Gasteiger partial charge >= 0.3 is 6.03 Å². The van der Waals surface area contributed by atoms with Crippen LogP contribution in [0.2, 0.25) is 0 Å². The number of hydrogen-bond acceptors (Lipinski definition) is 2. The largest absolute Gasteiger partial charge is 0.322 e. The molecule has 23 heavy (non-hydrogen) atoms. The minimum Gasteiger partial charge on any atom is -0.319 e. The van der Waals surface area contributed by atoms with Crippen molar-refractivity contribution >= 4 is 11.7 Å². The number of urea groups is 1. The molecule has 2 fully saturated rings. The second-order valence-electron chi connectivity index (χ2n) is 7.62. The molecule has 2 amide bonds. The lowest BCUT2D eigenvalue weighted by molar-refractivity contribution is 0.168. The molecule has 2 aliphatic rings. The summed E-state index contributed by atoms with van der Waals surface area (Å²) < 4.78 is 1.99. The van der Waals surface area contributed by atoms with Crippen LogP contribution >= 0.6 is 0 Å². The molecule has 1 saturated carbocycles. The lowest BCUT2D eigenvalue weighted by Gasteiger charge is -2.33. The van der Waals surface area contributed by atoms with E-state index < -0.39 is 0 Å². The van der Waals surface area contributed by atoms with Crippen molar-refractivity contribution in [1.29, 1.82) is 0 Å². The van der Waals surface area contributed by atoms with Gasteiger partial charge in [-0.1, -0.05) is 12.8 Å². The van der Waals surface area contributed by atoms with Crippen LogP contribution in [0.5, 0.6) is 0 Å². The zero-order valence-corrected chi connectivity index (χ0v) is 15.1. The van der Waals surface area contributed by atoms with Crippen LogP contribution in [0, 0.1) is 19.8 Å². The molecule has 3 atom stereocenters. The highest BCUT2D eigenvalue weighted by Gasteiger charge is 2.42. The maximum atomic E-state index is 12.9. The van der Waals surface area contributed by atoms with Gasteiger partial charge in [0, 0.05) is 18.1 Å². The summed E-state index contributed by atoms with van der Waals surface area (Å²) in [5, 5.41) is 7.74. The number of rotatable bonds is 2. The van der Waals surface area contributed by atoms with Gasteiger partial charge in [0.25, 0.3) is 0 Å². The van der Waals surface area contributed by atoms with Crippen molar-refractivity contribution in [2.45, 2.75) is 84.8 Å². The third-order valence-corrected chi connectivity index (χ3v) is 5.63. The van der Waals surface area contributed by atoms with E-state index in [-0.39, 0.29) is 6.03 Å². The van der Waals surface area contributed by atoms with E-state index in [2.05, 4.69) is 36.1 Å². The van der Waals surface area contributed by atoms with Crippen LogP contribution < -0.4 is 5.32 Å². The van der Waals surface area contributed by atoms with Gasteiger partial charge in [0.15, 0.2) is 0 Å². The summed E-state index contributed by atoms with van der Waals surface area (Å²) in [5.74, 6) is 0.699. The molecular formula is C18H30N4O. The number of nitrogens with zero attached hydrogens (tertiary/aromatic N) is 3. The van der Waals surface area contributed by atoms with Gasteiger partial charge in [-0.15, -0.1) is 0 Å². The summed E-state index contributed by atoms with van der Waals surface area (Å²) in [6, 6.07) is 1.12. The monoisotopic (exact) mass is 318 g/mol. The first-order chi connectivity index (χ1) is 10.9. The van der Waals surface area contributed by atoms with Gasteiger partial charge in [0.2, 0.25) is 0 Å². The highest BCUT2D eigenvalue weighted by molar-refractivity contribution is 5.91. The summed E-state index contributed by atoms with van der Waals surface area (Å²) in [5.41, 5.74) is 2.82. The third-order valence-electron chi connectivity index (χ3n) is 5.63. The lowest BCUT2D eigenvalue weighted by Crippen LogP contribution is -2.44. The number of anilines is 1. The standard InChI is InChI=1S/C18H30N4O/c1-11(2)22-14(5)17(13(4)20-22)19-18(23)21-12(3)10-15-8-6-7-9-16(15)21/h11-12,15-16H,6-10H2,1-5H3,(H,19,23)/t12-,15-,16-/m1/s1. The molecule has 0 spiro atoms. The van der Waals surface area contributed by atoms with E-state index in [1.54, 1.807) is 0 Å². The van der Waals surface area contributed by atoms with Crippen LogP contribution in [0.3, 0.4) is 0 Å². The summed E-state index contributed by atoms with van der Waals surface area (Å²) in [7, 11) is 0. The predicted molar refractivity (Wildman–Crippen MR) is 92.8 cm³/mol. The van der Waals surface area contributed by atoms with Crippen LogP contribution in [0.1, 0.15) is 70.3 Å². The Hall–Kier alpha value is -1.52. The summed E-state index contributed by atoms with van der Waals surface area (Å²) in [6.07, 6.45) is 6.17. The number of nitrogens with one attached hydrogen (secondary N) is 1. The molecule has 0 aromatic carbocycles. The Morgan fingerprint density at radius 2 is 1.96 bits per heavy atom. The molecule has 0 bridgehead atoms. The number of carbonyl (C=O) groups is 1. The zero-order valence-electron chi connectivity index (χ0n) is 15.1. The molecule has 2 heterocycles. The van der Waals surface area contributed by atoms with E-state index in [0.29, 0.717) is 24.0 Å². The minimum atomic E-state index is 0.0569. The number of fused-ring (bicyclic) bond motifs is 1. The van der Waals surface area contributed by atoms with Gasteiger partial charge in [-0.3, -0.25) is 4.68 Å². The fourth-order valence-corrected chi connectivity index (χ4v) is 4.58. The first kappa shape index (κ1) is 16.3. The van der Waals surface area contributed by atoms with Crippen molar-refractivity contribution in [3.8, 4) is 0 Å². The highest BCUT2D eigenvalue weighted by Crippen LogP contribution is 2.40. The molecule has 1 aromatic heterocycles. The first-order valence-corrected chi connectivity index (χ1v) is 9.05. The van der Waals surface area contributed by atoms with Crippen LogP contribution in [0.15, 0.2) is 0 Å². The Kier molecular flexibility index (Phi) is 4.39. The Bertz CT molecular complexity index is 592. The molecule has 128 valence electrons. The van der Waals surface area contributed by atoms with Crippen LogP contribution in [-0.2, 0) is 0 Å². The molecule has 0 unspecified atom stereocenters. The molecule has 5 heteroatoms. The van der Waals surface area contributed by atoms with Gasteiger partial charge in [-0.25, -0.2) is 4.79 Å². The Morgan fingerprint density at radius 1 is 1.26 bits per heavy atom. The van der Waals surface area contributed by atoms with Crippen LogP contribution in [0.25, 0.3) is 0 Å². The number of amides is 2. The number of carbonyl (C=O) groups excluding carboxylic acids is 1. The van der Waals surface area contributed by atoms with Gasteiger partial charge in [-0.2, -0.15) is 5.10 Å². The average molecular weight is 318 g/mol. The van der Waals surface area contributed by atoms with E-state index >= 15 is 0 Å². The molecule has 1 aliphatic carbocycles. The topological polar surface area (TPSA) is 50.2 Å². The maximum Gasteiger partial charge on any atom is 0.322 e. The maximum absolute atomic E-state index is 12.9. The molecule has 1 N–H and O–H groups in total. The average Bonchev–Trinajstić information content (AvgIpc) is 2.97. The zero-order chi connectivity index (χ0) is 16.7. The van der Waals surface area contributed by atoms with E-state index in [9.17, 15) is 4.79 Å².